The number of carbonyl (C=O) groups excluding carboxylic acids is 2. The zero-order chi connectivity index (χ0) is 23.5. The van der Waals surface area contributed by atoms with E-state index in [1.807, 2.05) is 85.1 Å². The molecule has 0 aliphatic carbocycles. The molecular weight excluding hydrogens is 448 g/mol. The molecule has 0 atom stereocenters. The minimum Gasteiger partial charge on any atom is -0.458 e. The number of aryl methyl sites for hydroxylation is 1. The molecule has 2 heterocycles. The first kappa shape index (κ1) is 21.9. The van der Waals surface area contributed by atoms with Gasteiger partial charge < -0.3 is 14.8 Å². The van der Waals surface area contributed by atoms with Gasteiger partial charge in [-0.05, 0) is 31.2 Å². The van der Waals surface area contributed by atoms with Crippen LogP contribution in [0.15, 0.2) is 78.2 Å². The Morgan fingerprint density at radius 2 is 1.62 bits per heavy atom. The topological polar surface area (TPSA) is 77.5 Å². The van der Waals surface area contributed by atoms with Crippen molar-refractivity contribution in [3.8, 4) is 11.5 Å². The molecule has 6 nitrogen and oxygen atoms in total. The van der Waals surface area contributed by atoms with Crippen LogP contribution in [0.3, 0.4) is 0 Å². The number of hydrogen-bond acceptors (Lipinski definition) is 6. The van der Waals surface area contributed by atoms with Gasteiger partial charge in [0.25, 0.3) is 0 Å². The van der Waals surface area contributed by atoms with Crippen LogP contribution in [0.4, 0.5) is 5.69 Å². The minimum absolute atomic E-state index is 0.0383. The number of thiazole rings is 1. The van der Waals surface area contributed by atoms with Crippen molar-refractivity contribution >= 4 is 28.9 Å². The molecule has 1 aliphatic heterocycles. The maximum atomic E-state index is 13.1. The standard InChI is InChI=1S/C27H22N2O4S/c1-17-10-12-18(13-11-17)28-24(30)14-25-29-19(16-34-25)15-32-27(31)26-20-6-2-4-8-22(20)33-23-9-5-3-7-21(23)26/h2-13,16,26H,14-15H2,1H3,(H,28,30). The van der Waals surface area contributed by atoms with E-state index in [0.29, 0.717) is 22.2 Å². The molecule has 1 aliphatic rings. The fraction of sp³-hybridized carbons (Fsp3) is 0.148. The molecule has 3 aromatic carbocycles. The van der Waals surface area contributed by atoms with E-state index in [-0.39, 0.29) is 24.9 Å². The highest BCUT2D eigenvalue weighted by Gasteiger charge is 2.33. The zero-order valence-corrected chi connectivity index (χ0v) is 19.3. The number of hydrogen-bond donors (Lipinski definition) is 1. The minimum atomic E-state index is -0.570. The quantitative estimate of drug-likeness (QED) is 0.371. The Morgan fingerprint density at radius 1 is 0.971 bits per heavy atom. The molecule has 0 radical (unpaired) electrons. The molecule has 0 fully saturated rings. The summed E-state index contributed by atoms with van der Waals surface area (Å²) >= 11 is 1.37. The summed E-state index contributed by atoms with van der Waals surface area (Å²) in [6.07, 6.45) is 0.160. The van der Waals surface area contributed by atoms with Gasteiger partial charge in [-0.1, -0.05) is 54.1 Å². The third kappa shape index (κ3) is 4.70. The molecule has 0 bridgehead atoms. The number of anilines is 1. The number of nitrogens with zero attached hydrogens (tertiary/aromatic N) is 1. The van der Waals surface area contributed by atoms with Crippen molar-refractivity contribution < 1.29 is 19.1 Å². The number of esters is 1. The SMILES string of the molecule is Cc1ccc(NC(=O)Cc2nc(COC(=O)C3c4ccccc4Oc4ccccc43)cs2)cc1. The van der Waals surface area contributed by atoms with Crippen molar-refractivity contribution in [2.45, 2.75) is 25.9 Å². The fourth-order valence-electron chi connectivity index (χ4n) is 3.87. The van der Waals surface area contributed by atoms with Crippen LogP contribution >= 0.6 is 11.3 Å². The second-order valence-electron chi connectivity index (χ2n) is 8.04. The van der Waals surface area contributed by atoms with Crippen LogP contribution in [-0.2, 0) is 27.4 Å². The Kier molecular flexibility index (Phi) is 6.10. The average molecular weight is 471 g/mol. The van der Waals surface area contributed by atoms with E-state index in [9.17, 15) is 9.59 Å². The second-order valence-corrected chi connectivity index (χ2v) is 8.98. The van der Waals surface area contributed by atoms with Crippen LogP contribution in [0.5, 0.6) is 11.5 Å². The summed E-state index contributed by atoms with van der Waals surface area (Å²) in [5, 5.41) is 5.35. The van der Waals surface area contributed by atoms with Crippen molar-refractivity contribution in [1.82, 2.24) is 4.98 Å². The Labute approximate surface area is 201 Å². The van der Waals surface area contributed by atoms with Crippen molar-refractivity contribution in [3.63, 3.8) is 0 Å². The van der Waals surface area contributed by atoms with Crippen LogP contribution in [0.25, 0.3) is 0 Å². The third-order valence-electron chi connectivity index (χ3n) is 5.52. The van der Waals surface area contributed by atoms with Crippen LogP contribution in [0.2, 0.25) is 0 Å². The lowest BCUT2D eigenvalue weighted by Gasteiger charge is -2.26. The molecule has 0 unspecified atom stereocenters. The van der Waals surface area contributed by atoms with Gasteiger partial charge in [0.05, 0.1) is 12.1 Å². The van der Waals surface area contributed by atoms with E-state index in [1.165, 1.54) is 11.3 Å². The van der Waals surface area contributed by atoms with Crippen LogP contribution < -0.4 is 10.1 Å². The van der Waals surface area contributed by atoms with Gasteiger partial charge in [0.1, 0.15) is 29.0 Å². The van der Waals surface area contributed by atoms with Gasteiger partial charge in [-0.15, -0.1) is 11.3 Å². The monoisotopic (exact) mass is 470 g/mol. The summed E-state index contributed by atoms with van der Waals surface area (Å²) in [5.74, 6) is 0.226. The fourth-order valence-corrected chi connectivity index (χ4v) is 4.65. The average Bonchev–Trinajstić information content (AvgIpc) is 3.29. The van der Waals surface area contributed by atoms with Crippen molar-refractivity contribution in [2.24, 2.45) is 0 Å². The van der Waals surface area contributed by atoms with Crippen molar-refractivity contribution in [1.29, 1.82) is 0 Å². The Hall–Kier alpha value is -3.97. The van der Waals surface area contributed by atoms with Gasteiger partial charge in [0, 0.05) is 22.2 Å². The molecule has 1 amide bonds. The molecule has 170 valence electrons. The van der Waals surface area contributed by atoms with Gasteiger partial charge in [0.2, 0.25) is 5.91 Å². The predicted molar refractivity (Wildman–Crippen MR) is 130 cm³/mol. The smallest absolute Gasteiger partial charge is 0.318 e. The highest BCUT2D eigenvalue weighted by molar-refractivity contribution is 7.09. The first-order valence-electron chi connectivity index (χ1n) is 10.9. The summed E-state index contributed by atoms with van der Waals surface area (Å²) in [4.78, 5) is 30.0. The lowest BCUT2D eigenvalue weighted by atomic mass is 9.88. The molecule has 34 heavy (non-hydrogen) atoms. The summed E-state index contributed by atoms with van der Waals surface area (Å²) in [6.45, 7) is 2.03. The Balaban J connectivity index is 1.23. The third-order valence-corrected chi connectivity index (χ3v) is 6.42. The number of ether oxygens (including phenoxy) is 2. The van der Waals surface area contributed by atoms with Crippen LogP contribution in [-0.4, -0.2) is 16.9 Å². The normalized spacial score (nSPS) is 12.3. The number of benzene rings is 3. The number of para-hydroxylation sites is 2. The number of carbonyl (C=O) groups is 2. The number of aromatic nitrogens is 1. The maximum Gasteiger partial charge on any atom is 0.318 e. The van der Waals surface area contributed by atoms with Gasteiger partial charge in [-0.3, -0.25) is 9.59 Å². The van der Waals surface area contributed by atoms with Crippen LogP contribution in [0, 0.1) is 6.92 Å². The molecule has 0 saturated heterocycles. The zero-order valence-electron chi connectivity index (χ0n) is 18.5. The first-order valence-corrected chi connectivity index (χ1v) is 11.8. The highest BCUT2D eigenvalue weighted by atomic mass is 32.1. The first-order chi connectivity index (χ1) is 16.6. The molecule has 0 saturated carbocycles. The number of nitrogens with one attached hydrogen (secondary N) is 1. The largest absolute Gasteiger partial charge is 0.458 e. The van der Waals surface area contributed by atoms with E-state index in [4.69, 9.17) is 9.47 Å². The number of rotatable bonds is 6. The van der Waals surface area contributed by atoms with Gasteiger partial charge >= 0.3 is 5.97 Å². The molecule has 5 rings (SSSR count). The molecule has 4 aromatic rings. The molecular formula is C27H22N2O4S. The maximum absolute atomic E-state index is 13.1. The molecule has 1 aromatic heterocycles. The van der Waals surface area contributed by atoms with Gasteiger partial charge in [-0.2, -0.15) is 0 Å². The van der Waals surface area contributed by atoms with Gasteiger partial charge in [0.15, 0.2) is 0 Å². The van der Waals surface area contributed by atoms with E-state index in [2.05, 4.69) is 10.3 Å². The van der Waals surface area contributed by atoms with Crippen molar-refractivity contribution in [2.75, 3.05) is 5.32 Å². The number of fused-ring (bicyclic) bond motifs is 2. The van der Waals surface area contributed by atoms with Crippen LogP contribution in [0.1, 0.15) is 33.3 Å². The summed E-state index contributed by atoms with van der Waals surface area (Å²) in [7, 11) is 0. The van der Waals surface area contributed by atoms with E-state index in [1.54, 1.807) is 0 Å². The Morgan fingerprint density at radius 3 is 2.29 bits per heavy atom. The van der Waals surface area contributed by atoms with Gasteiger partial charge in [-0.25, -0.2) is 4.98 Å². The van der Waals surface area contributed by atoms with Crippen molar-refractivity contribution in [3.05, 3.63) is 106 Å². The Bertz CT molecular complexity index is 1300. The second kappa shape index (κ2) is 9.49. The summed E-state index contributed by atoms with van der Waals surface area (Å²) < 4.78 is 11.6. The molecule has 1 N–H and O–H groups in total. The van der Waals surface area contributed by atoms with E-state index < -0.39 is 5.92 Å². The highest BCUT2D eigenvalue weighted by Crippen LogP contribution is 2.44. The molecule has 0 spiro atoms. The lowest BCUT2D eigenvalue weighted by molar-refractivity contribution is -0.146. The van der Waals surface area contributed by atoms with E-state index >= 15 is 0 Å². The predicted octanol–water partition coefficient (Wildman–Crippen LogP) is 5.61. The summed E-state index contributed by atoms with van der Waals surface area (Å²) in [6, 6.07) is 22.6. The molecule has 7 heteroatoms. The van der Waals surface area contributed by atoms with E-state index in [0.717, 1.165) is 22.4 Å². The summed E-state index contributed by atoms with van der Waals surface area (Å²) in [5.41, 5.74) is 4.05. The number of amides is 1. The lowest BCUT2D eigenvalue weighted by Crippen LogP contribution is -2.21.